The van der Waals surface area contributed by atoms with Crippen LogP contribution in [0.15, 0.2) is 22.9 Å². The molecule has 0 bridgehead atoms. The second kappa shape index (κ2) is 5.40. The van der Waals surface area contributed by atoms with E-state index < -0.39 is 0 Å². The molecule has 20 heavy (non-hydrogen) atoms. The van der Waals surface area contributed by atoms with Gasteiger partial charge in [0, 0.05) is 18.7 Å². The van der Waals surface area contributed by atoms with Crippen molar-refractivity contribution in [1.82, 2.24) is 15.1 Å². The first-order valence-electron chi connectivity index (χ1n) is 6.87. The number of rotatable bonds is 3. The summed E-state index contributed by atoms with van der Waals surface area (Å²) in [6.07, 6.45) is 3.82. The number of hydrogen-bond acceptors (Lipinski definition) is 5. The predicted octanol–water partition coefficient (Wildman–Crippen LogP) is 3.58. The van der Waals surface area contributed by atoms with Gasteiger partial charge in [-0.2, -0.15) is 4.98 Å². The average molecular weight is 293 g/mol. The van der Waals surface area contributed by atoms with E-state index in [-0.39, 0.29) is 12.0 Å². The first-order valence-corrected chi connectivity index (χ1v) is 7.25. The zero-order valence-corrected chi connectivity index (χ0v) is 12.3. The van der Waals surface area contributed by atoms with Crippen molar-refractivity contribution in [2.75, 3.05) is 11.4 Å². The quantitative estimate of drug-likeness (QED) is 0.865. The van der Waals surface area contributed by atoms with Crippen LogP contribution in [0.3, 0.4) is 0 Å². The van der Waals surface area contributed by atoms with Crippen molar-refractivity contribution in [2.45, 2.75) is 38.6 Å². The van der Waals surface area contributed by atoms with Crippen LogP contribution in [0.4, 0.5) is 5.82 Å². The molecule has 3 rings (SSSR count). The molecule has 1 aliphatic rings. The number of nitrogens with zero attached hydrogens (tertiary/aromatic N) is 4. The van der Waals surface area contributed by atoms with Crippen molar-refractivity contribution >= 4 is 17.4 Å². The number of hydrogen-bond donors (Lipinski definition) is 0. The summed E-state index contributed by atoms with van der Waals surface area (Å²) in [4.78, 5) is 11.1. The first kappa shape index (κ1) is 13.4. The molecule has 1 unspecified atom stereocenters. The number of aromatic nitrogens is 3. The molecule has 0 spiro atoms. The van der Waals surface area contributed by atoms with Gasteiger partial charge in [0.1, 0.15) is 5.82 Å². The average Bonchev–Trinajstić information content (AvgIpc) is 3.07. The molecule has 1 saturated heterocycles. The fraction of sp³-hybridized carbons (Fsp3) is 0.500. The standard InChI is InChI=1S/C14H17ClN4O/c1-9(2)14-17-12(18-20-14)11-6-4-8-19(11)13-10(15)5-3-7-16-13/h3,5,7,9,11H,4,6,8H2,1-2H3. The molecule has 1 fully saturated rings. The fourth-order valence-corrected chi connectivity index (χ4v) is 2.72. The Morgan fingerprint density at radius 3 is 3.00 bits per heavy atom. The lowest BCUT2D eigenvalue weighted by molar-refractivity contribution is 0.358. The van der Waals surface area contributed by atoms with Crippen molar-refractivity contribution < 1.29 is 4.52 Å². The van der Waals surface area contributed by atoms with Gasteiger partial charge < -0.3 is 9.42 Å². The van der Waals surface area contributed by atoms with E-state index in [0.29, 0.717) is 10.9 Å². The third-order valence-electron chi connectivity index (χ3n) is 3.51. The van der Waals surface area contributed by atoms with E-state index in [4.69, 9.17) is 16.1 Å². The van der Waals surface area contributed by atoms with Crippen LogP contribution in [0.1, 0.15) is 50.4 Å². The fourth-order valence-electron chi connectivity index (χ4n) is 2.49. The van der Waals surface area contributed by atoms with Gasteiger partial charge in [-0.1, -0.05) is 30.6 Å². The summed E-state index contributed by atoms with van der Waals surface area (Å²) in [5.41, 5.74) is 0. The molecular formula is C14H17ClN4O. The van der Waals surface area contributed by atoms with E-state index in [2.05, 4.69) is 20.0 Å². The molecule has 0 aromatic carbocycles. The minimum absolute atomic E-state index is 0.0960. The zero-order chi connectivity index (χ0) is 14.1. The Kier molecular flexibility index (Phi) is 3.61. The van der Waals surface area contributed by atoms with Crippen LogP contribution in [0, 0.1) is 0 Å². The van der Waals surface area contributed by atoms with Gasteiger partial charge in [0.25, 0.3) is 0 Å². The van der Waals surface area contributed by atoms with Gasteiger partial charge in [-0.15, -0.1) is 0 Å². The van der Waals surface area contributed by atoms with Gasteiger partial charge in [-0.05, 0) is 25.0 Å². The van der Waals surface area contributed by atoms with Gasteiger partial charge >= 0.3 is 0 Å². The maximum Gasteiger partial charge on any atom is 0.229 e. The molecular weight excluding hydrogens is 276 g/mol. The number of pyridine rings is 1. The van der Waals surface area contributed by atoms with Crippen LogP contribution < -0.4 is 4.90 Å². The van der Waals surface area contributed by atoms with E-state index in [1.165, 1.54) is 0 Å². The van der Waals surface area contributed by atoms with Crippen LogP contribution >= 0.6 is 11.6 Å². The van der Waals surface area contributed by atoms with Crippen molar-refractivity contribution in [3.63, 3.8) is 0 Å². The maximum absolute atomic E-state index is 6.24. The smallest absolute Gasteiger partial charge is 0.229 e. The Bertz CT molecular complexity index is 598. The molecule has 1 atom stereocenters. The van der Waals surface area contributed by atoms with Crippen LogP contribution in [0.5, 0.6) is 0 Å². The largest absolute Gasteiger partial charge is 0.345 e. The Morgan fingerprint density at radius 1 is 1.45 bits per heavy atom. The molecule has 106 valence electrons. The van der Waals surface area contributed by atoms with Gasteiger partial charge in [0.05, 0.1) is 11.1 Å². The highest BCUT2D eigenvalue weighted by molar-refractivity contribution is 6.32. The third-order valence-corrected chi connectivity index (χ3v) is 3.81. The minimum Gasteiger partial charge on any atom is -0.345 e. The van der Waals surface area contributed by atoms with Crippen molar-refractivity contribution in [2.24, 2.45) is 0 Å². The molecule has 2 aromatic heterocycles. The molecule has 2 aromatic rings. The van der Waals surface area contributed by atoms with Gasteiger partial charge in [0.15, 0.2) is 5.82 Å². The molecule has 3 heterocycles. The molecule has 5 nitrogen and oxygen atoms in total. The molecule has 1 aliphatic heterocycles. The maximum atomic E-state index is 6.24. The van der Waals surface area contributed by atoms with E-state index in [1.54, 1.807) is 6.20 Å². The summed E-state index contributed by atoms with van der Waals surface area (Å²) in [5.74, 6) is 2.45. The lowest BCUT2D eigenvalue weighted by Gasteiger charge is -2.23. The monoisotopic (exact) mass is 292 g/mol. The summed E-state index contributed by atoms with van der Waals surface area (Å²) >= 11 is 6.24. The zero-order valence-electron chi connectivity index (χ0n) is 11.6. The SMILES string of the molecule is CC(C)c1nc(C2CCCN2c2ncccc2Cl)no1. The minimum atomic E-state index is 0.0960. The summed E-state index contributed by atoms with van der Waals surface area (Å²) < 4.78 is 5.31. The van der Waals surface area contributed by atoms with Crippen LogP contribution in [0.25, 0.3) is 0 Å². The highest BCUT2D eigenvalue weighted by Gasteiger charge is 2.32. The van der Waals surface area contributed by atoms with Crippen LogP contribution in [-0.4, -0.2) is 21.7 Å². The van der Waals surface area contributed by atoms with E-state index in [1.807, 2.05) is 26.0 Å². The molecule has 0 radical (unpaired) electrons. The second-order valence-corrected chi connectivity index (χ2v) is 5.71. The van der Waals surface area contributed by atoms with E-state index >= 15 is 0 Å². The summed E-state index contributed by atoms with van der Waals surface area (Å²) in [5, 5.41) is 4.79. The lowest BCUT2D eigenvalue weighted by Crippen LogP contribution is -2.24. The summed E-state index contributed by atoms with van der Waals surface area (Å²) in [6.45, 7) is 4.99. The van der Waals surface area contributed by atoms with E-state index in [0.717, 1.165) is 31.0 Å². The van der Waals surface area contributed by atoms with Crippen molar-refractivity contribution in [3.05, 3.63) is 35.1 Å². The Labute approximate surface area is 123 Å². The van der Waals surface area contributed by atoms with Crippen molar-refractivity contribution in [1.29, 1.82) is 0 Å². The van der Waals surface area contributed by atoms with Gasteiger partial charge in [0.2, 0.25) is 5.89 Å². The molecule has 0 aliphatic carbocycles. The van der Waals surface area contributed by atoms with E-state index in [9.17, 15) is 0 Å². The molecule has 0 amide bonds. The highest BCUT2D eigenvalue weighted by Crippen LogP contribution is 2.37. The Morgan fingerprint density at radius 2 is 2.30 bits per heavy atom. The molecule has 0 N–H and O–H groups in total. The Hall–Kier alpha value is -1.62. The first-order chi connectivity index (χ1) is 9.66. The molecule has 0 saturated carbocycles. The van der Waals surface area contributed by atoms with Gasteiger partial charge in [-0.3, -0.25) is 0 Å². The second-order valence-electron chi connectivity index (χ2n) is 5.31. The van der Waals surface area contributed by atoms with Crippen LogP contribution in [0.2, 0.25) is 5.02 Å². The van der Waals surface area contributed by atoms with Crippen LogP contribution in [-0.2, 0) is 0 Å². The summed E-state index contributed by atoms with van der Waals surface area (Å²) in [7, 11) is 0. The normalized spacial score (nSPS) is 19.0. The highest BCUT2D eigenvalue weighted by atomic mass is 35.5. The topological polar surface area (TPSA) is 55.1 Å². The Balaban J connectivity index is 1.90. The number of halogens is 1. The van der Waals surface area contributed by atoms with Crippen molar-refractivity contribution in [3.8, 4) is 0 Å². The summed E-state index contributed by atoms with van der Waals surface area (Å²) in [6, 6.07) is 3.79. The lowest BCUT2D eigenvalue weighted by atomic mass is 10.2. The predicted molar refractivity (Wildman–Crippen MR) is 77.0 cm³/mol. The number of anilines is 1. The van der Waals surface area contributed by atoms with Gasteiger partial charge in [-0.25, -0.2) is 4.98 Å². The molecule has 6 heteroatoms. The third kappa shape index (κ3) is 2.38.